The fourth-order valence-corrected chi connectivity index (χ4v) is 2.39. The molecule has 0 bridgehead atoms. The van der Waals surface area contributed by atoms with E-state index in [1.165, 1.54) is 0 Å². The number of aromatic carboxylic acids is 1. The number of carboxylic acids is 1. The molecule has 0 amide bonds. The number of aromatic nitrogens is 2. The van der Waals surface area contributed by atoms with Crippen LogP contribution in [-0.2, 0) is 0 Å². The van der Waals surface area contributed by atoms with Gasteiger partial charge in [0.25, 0.3) is 0 Å². The van der Waals surface area contributed by atoms with E-state index < -0.39 is 5.97 Å². The van der Waals surface area contributed by atoms with Crippen molar-refractivity contribution in [3.63, 3.8) is 0 Å². The second-order valence-electron chi connectivity index (χ2n) is 5.15. The van der Waals surface area contributed by atoms with Gasteiger partial charge in [-0.25, -0.2) is 9.80 Å². The van der Waals surface area contributed by atoms with Crippen LogP contribution in [0.2, 0.25) is 0 Å². The van der Waals surface area contributed by atoms with Crippen LogP contribution < -0.4 is 5.43 Å². The SMILES string of the molecule is CN1CCN(Nc2c(C(=O)O)nnc3ccccc23)CC1. The second-order valence-corrected chi connectivity index (χ2v) is 5.15. The first-order valence-electron chi connectivity index (χ1n) is 6.84. The van der Waals surface area contributed by atoms with Crippen molar-refractivity contribution in [2.75, 3.05) is 38.7 Å². The van der Waals surface area contributed by atoms with Gasteiger partial charge in [0.05, 0.1) is 11.2 Å². The van der Waals surface area contributed by atoms with Crippen molar-refractivity contribution in [1.29, 1.82) is 0 Å². The first kappa shape index (κ1) is 13.7. The molecule has 1 aliphatic heterocycles. The number of carboxylic acid groups (broad SMARTS) is 1. The molecule has 2 N–H and O–H groups in total. The normalized spacial score (nSPS) is 17.0. The number of hydrogen-bond acceptors (Lipinski definition) is 6. The zero-order valence-corrected chi connectivity index (χ0v) is 11.8. The van der Waals surface area contributed by atoms with Gasteiger partial charge in [-0.1, -0.05) is 18.2 Å². The fraction of sp³-hybridized carbons (Fsp3) is 0.357. The molecule has 3 rings (SSSR count). The van der Waals surface area contributed by atoms with Crippen molar-refractivity contribution < 1.29 is 9.90 Å². The van der Waals surface area contributed by atoms with Crippen LogP contribution >= 0.6 is 0 Å². The predicted octanol–water partition coefficient (Wildman–Crippen LogP) is 0.902. The number of fused-ring (bicyclic) bond motifs is 1. The summed E-state index contributed by atoms with van der Waals surface area (Å²) >= 11 is 0. The number of piperazine rings is 1. The zero-order valence-electron chi connectivity index (χ0n) is 11.8. The van der Waals surface area contributed by atoms with Crippen LogP contribution in [0.25, 0.3) is 10.9 Å². The van der Waals surface area contributed by atoms with E-state index in [9.17, 15) is 9.90 Å². The fourth-order valence-electron chi connectivity index (χ4n) is 2.39. The molecule has 21 heavy (non-hydrogen) atoms. The highest BCUT2D eigenvalue weighted by Gasteiger charge is 2.20. The third-order valence-corrected chi connectivity index (χ3v) is 3.64. The number of benzene rings is 1. The number of nitrogens with one attached hydrogen (secondary N) is 1. The molecule has 7 heteroatoms. The Morgan fingerprint density at radius 1 is 1.19 bits per heavy atom. The third-order valence-electron chi connectivity index (χ3n) is 3.64. The quantitative estimate of drug-likeness (QED) is 0.868. The summed E-state index contributed by atoms with van der Waals surface area (Å²) in [6, 6.07) is 7.40. The number of likely N-dealkylation sites (N-methyl/N-ethyl adjacent to an activating group) is 1. The number of carbonyl (C=O) groups is 1. The Hall–Kier alpha value is -2.25. The standard InChI is InChI=1S/C14H17N5O2/c1-18-6-8-19(9-7-18)17-12-10-4-2-3-5-11(10)15-16-13(12)14(20)21/h2-5H,6-9H2,1H3,(H,15,17)(H,20,21). The molecule has 1 saturated heterocycles. The van der Waals surface area contributed by atoms with Gasteiger partial charge in [0.15, 0.2) is 5.69 Å². The number of hydrogen-bond donors (Lipinski definition) is 2. The second kappa shape index (κ2) is 5.63. The smallest absolute Gasteiger partial charge is 0.358 e. The Bertz CT molecular complexity index is 667. The van der Waals surface area contributed by atoms with Crippen LogP contribution in [0.4, 0.5) is 5.69 Å². The van der Waals surface area contributed by atoms with E-state index in [1.54, 1.807) is 0 Å². The van der Waals surface area contributed by atoms with Gasteiger partial charge in [0, 0.05) is 31.6 Å². The molecule has 2 heterocycles. The van der Waals surface area contributed by atoms with E-state index in [0.29, 0.717) is 11.2 Å². The Kier molecular flexibility index (Phi) is 3.68. The van der Waals surface area contributed by atoms with Crippen molar-refractivity contribution in [3.05, 3.63) is 30.0 Å². The van der Waals surface area contributed by atoms with E-state index in [-0.39, 0.29) is 5.69 Å². The first-order valence-corrected chi connectivity index (χ1v) is 6.84. The van der Waals surface area contributed by atoms with Crippen molar-refractivity contribution in [2.45, 2.75) is 0 Å². The van der Waals surface area contributed by atoms with Gasteiger partial charge < -0.3 is 15.4 Å². The Morgan fingerprint density at radius 2 is 1.90 bits per heavy atom. The highest BCUT2D eigenvalue weighted by atomic mass is 16.4. The molecule has 0 saturated carbocycles. The molecule has 1 aromatic carbocycles. The molecule has 110 valence electrons. The molecule has 1 aliphatic rings. The summed E-state index contributed by atoms with van der Waals surface area (Å²) in [5.74, 6) is -1.08. The lowest BCUT2D eigenvalue weighted by molar-refractivity contribution is 0.0690. The summed E-state index contributed by atoms with van der Waals surface area (Å²) in [6.45, 7) is 3.52. The summed E-state index contributed by atoms with van der Waals surface area (Å²) in [5, 5.41) is 19.9. The van der Waals surface area contributed by atoms with Gasteiger partial charge in [0.2, 0.25) is 0 Å². The average molecular weight is 287 g/mol. The third kappa shape index (κ3) is 2.79. The lowest BCUT2D eigenvalue weighted by Crippen LogP contribution is -2.47. The molecule has 0 spiro atoms. The van der Waals surface area contributed by atoms with Crippen molar-refractivity contribution in [3.8, 4) is 0 Å². The Morgan fingerprint density at radius 3 is 2.62 bits per heavy atom. The van der Waals surface area contributed by atoms with Gasteiger partial charge in [-0.2, -0.15) is 0 Å². The molecule has 0 radical (unpaired) electrons. The molecule has 0 unspecified atom stereocenters. The van der Waals surface area contributed by atoms with Gasteiger partial charge in [-0.3, -0.25) is 0 Å². The molecular formula is C14H17N5O2. The van der Waals surface area contributed by atoms with Crippen LogP contribution in [0.1, 0.15) is 10.5 Å². The van der Waals surface area contributed by atoms with Gasteiger partial charge in [0.1, 0.15) is 0 Å². The molecule has 7 nitrogen and oxygen atoms in total. The predicted molar refractivity (Wildman–Crippen MR) is 79.2 cm³/mol. The maximum atomic E-state index is 11.4. The van der Waals surface area contributed by atoms with E-state index in [2.05, 4.69) is 27.6 Å². The van der Waals surface area contributed by atoms with E-state index in [0.717, 1.165) is 31.6 Å². The lowest BCUT2D eigenvalue weighted by Gasteiger charge is -2.33. The van der Waals surface area contributed by atoms with E-state index >= 15 is 0 Å². The summed E-state index contributed by atoms with van der Waals surface area (Å²) in [7, 11) is 2.07. The number of anilines is 1. The van der Waals surface area contributed by atoms with Gasteiger partial charge >= 0.3 is 5.97 Å². The summed E-state index contributed by atoms with van der Waals surface area (Å²) < 4.78 is 0. The highest BCUT2D eigenvalue weighted by Crippen LogP contribution is 2.25. The van der Waals surface area contributed by atoms with E-state index in [1.807, 2.05) is 29.3 Å². The molecule has 2 aromatic rings. The summed E-state index contributed by atoms with van der Waals surface area (Å²) in [5.41, 5.74) is 4.36. The molecule has 1 fully saturated rings. The lowest BCUT2D eigenvalue weighted by atomic mass is 10.1. The summed E-state index contributed by atoms with van der Waals surface area (Å²) in [4.78, 5) is 13.6. The number of nitrogens with zero attached hydrogens (tertiary/aromatic N) is 4. The average Bonchev–Trinajstić information content (AvgIpc) is 2.49. The molecule has 0 atom stereocenters. The Labute approximate surface area is 122 Å². The minimum atomic E-state index is -1.08. The monoisotopic (exact) mass is 287 g/mol. The molecular weight excluding hydrogens is 270 g/mol. The van der Waals surface area contributed by atoms with Gasteiger partial charge in [-0.05, 0) is 13.1 Å². The minimum Gasteiger partial charge on any atom is -0.476 e. The maximum absolute atomic E-state index is 11.4. The van der Waals surface area contributed by atoms with Crippen LogP contribution in [0.5, 0.6) is 0 Å². The zero-order chi connectivity index (χ0) is 14.8. The van der Waals surface area contributed by atoms with E-state index in [4.69, 9.17) is 0 Å². The number of rotatable bonds is 3. The van der Waals surface area contributed by atoms with Crippen LogP contribution in [0.15, 0.2) is 24.3 Å². The van der Waals surface area contributed by atoms with Gasteiger partial charge in [-0.15, -0.1) is 10.2 Å². The Balaban J connectivity index is 1.98. The molecule has 1 aromatic heterocycles. The van der Waals surface area contributed by atoms with Crippen molar-refractivity contribution in [2.24, 2.45) is 0 Å². The largest absolute Gasteiger partial charge is 0.476 e. The maximum Gasteiger partial charge on any atom is 0.358 e. The minimum absolute atomic E-state index is 0.0485. The first-order chi connectivity index (χ1) is 10.1. The molecule has 0 aliphatic carbocycles. The van der Waals surface area contributed by atoms with Crippen LogP contribution in [-0.4, -0.2) is 64.4 Å². The highest BCUT2D eigenvalue weighted by molar-refractivity contribution is 6.02. The van der Waals surface area contributed by atoms with Crippen molar-refractivity contribution in [1.82, 2.24) is 20.1 Å². The number of hydrazine groups is 1. The van der Waals surface area contributed by atoms with Crippen LogP contribution in [0.3, 0.4) is 0 Å². The van der Waals surface area contributed by atoms with Crippen molar-refractivity contribution >= 4 is 22.6 Å². The topological polar surface area (TPSA) is 81.6 Å². The summed E-state index contributed by atoms with van der Waals surface area (Å²) in [6.07, 6.45) is 0. The van der Waals surface area contributed by atoms with Crippen LogP contribution in [0, 0.1) is 0 Å².